The molecule has 108 valence electrons. The van der Waals surface area contributed by atoms with E-state index in [1.54, 1.807) is 6.33 Å². The van der Waals surface area contributed by atoms with Gasteiger partial charge in [-0.15, -0.1) is 0 Å². The SMILES string of the molecule is CCc1c[nH]c2ncnc(N3CCC(O)(CN)CC3)c12. The van der Waals surface area contributed by atoms with Gasteiger partial charge in [0.2, 0.25) is 0 Å². The number of aryl methyl sites for hydroxylation is 1. The van der Waals surface area contributed by atoms with Crippen molar-refractivity contribution in [3.63, 3.8) is 0 Å². The van der Waals surface area contributed by atoms with Crippen LogP contribution in [0.15, 0.2) is 12.5 Å². The smallest absolute Gasteiger partial charge is 0.143 e. The maximum atomic E-state index is 10.2. The van der Waals surface area contributed by atoms with Gasteiger partial charge in [-0.2, -0.15) is 0 Å². The van der Waals surface area contributed by atoms with E-state index >= 15 is 0 Å². The number of nitrogens with one attached hydrogen (secondary N) is 1. The molecule has 3 rings (SSSR count). The summed E-state index contributed by atoms with van der Waals surface area (Å²) in [6, 6.07) is 0. The molecule has 1 aliphatic rings. The number of nitrogens with two attached hydrogens (primary N) is 1. The van der Waals surface area contributed by atoms with E-state index < -0.39 is 5.60 Å². The lowest BCUT2D eigenvalue weighted by molar-refractivity contribution is 0.0249. The second-order valence-electron chi connectivity index (χ2n) is 5.50. The molecule has 1 saturated heterocycles. The third-order valence-electron chi connectivity index (χ3n) is 4.29. The monoisotopic (exact) mass is 275 g/mol. The highest BCUT2D eigenvalue weighted by atomic mass is 16.3. The molecule has 6 heteroatoms. The van der Waals surface area contributed by atoms with Gasteiger partial charge in [0.1, 0.15) is 17.8 Å². The van der Waals surface area contributed by atoms with Crippen LogP contribution in [0.4, 0.5) is 5.82 Å². The molecule has 2 aromatic heterocycles. The first-order valence-electron chi connectivity index (χ1n) is 7.15. The van der Waals surface area contributed by atoms with Crippen LogP contribution in [0.3, 0.4) is 0 Å². The van der Waals surface area contributed by atoms with Gasteiger partial charge in [0.15, 0.2) is 0 Å². The largest absolute Gasteiger partial charge is 0.388 e. The van der Waals surface area contributed by atoms with Crippen molar-refractivity contribution in [2.24, 2.45) is 5.73 Å². The van der Waals surface area contributed by atoms with Gasteiger partial charge in [0, 0.05) is 25.8 Å². The number of fused-ring (bicyclic) bond motifs is 1. The molecule has 0 aliphatic carbocycles. The molecule has 0 spiro atoms. The normalized spacial score (nSPS) is 18.6. The Morgan fingerprint density at radius 3 is 2.80 bits per heavy atom. The van der Waals surface area contributed by atoms with Crippen LogP contribution in [0, 0.1) is 0 Å². The maximum absolute atomic E-state index is 10.2. The minimum absolute atomic E-state index is 0.324. The fraction of sp³-hybridized carbons (Fsp3) is 0.571. The Bertz CT molecular complexity index is 601. The zero-order valence-corrected chi connectivity index (χ0v) is 11.8. The summed E-state index contributed by atoms with van der Waals surface area (Å²) in [7, 11) is 0. The van der Waals surface area contributed by atoms with Crippen LogP contribution in [-0.4, -0.2) is 45.3 Å². The van der Waals surface area contributed by atoms with E-state index in [1.165, 1.54) is 5.56 Å². The lowest BCUT2D eigenvalue weighted by Crippen LogP contribution is -2.49. The predicted molar refractivity (Wildman–Crippen MR) is 78.7 cm³/mol. The van der Waals surface area contributed by atoms with Gasteiger partial charge in [0.05, 0.1) is 11.0 Å². The number of hydrogen-bond donors (Lipinski definition) is 3. The Morgan fingerprint density at radius 1 is 1.40 bits per heavy atom. The third kappa shape index (κ3) is 2.14. The van der Waals surface area contributed by atoms with E-state index in [1.807, 2.05) is 6.20 Å². The second-order valence-corrected chi connectivity index (χ2v) is 5.50. The molecule has 0 amide bonds. The van der Waals surface area contributed by atoms with Crippen molar-refractivity contribution < 1.29 is 5.11 Å². The van der Waals surface area contributed by atoms with E-state index in [2.05, 4.69) is 26.8 Å². The zero-order valence-electron chi connectivity index (χ0n) is 11.8. The molecule has 4 N–H and O–H groups in total. The molecule has 0 bridgehead atoms. The Kier molecular flexibility index (Phi) is 3.35. The van der Waals surface area contributed by atoms with E-state index in [9.17, 15) is 5.11 Å². The molecule has 1 fully saturated rings. The van der Waals surface area contributed by atoms with Crippen LogP contribution < -0.4 is 10.6 Å². The van der Waals surface area contributed by atoms with Crippen LogP contribution in [0.1, 0.15) is 25.3 Å². The summed E-state index contributed by atoms with van der Waals surface area (Å²) in [4.78, 5) is 14.2. The fourth-order valence-corrected chi connectivity index (χ4v) is 2.87. The molecule has 0 aromatic carbocycles. The van der Waals surface area contributed by atoms with Gasteiger partial charge in [-0.1, -0.05) is 6.92 Å². The summed E-state index contributed by atoms with van der Waals surface area (Å²) in [5, 5.41) is 11.3. The van der Waals surface area contributed by atoms with Gasteiger partial charge in [-0.25, -0.2) is 9.97 Å². The Balaban J connectivity index is 1.93. The lowest BCUT2D eigenvalue weighted by Gasteiger charge is -2.38. The number of aromatic amines is 1. The molecule has 0 radical (unpaired) electrons. The number of rotatable bonds is 3. The van der Waals surface area contributed by atoms with Crippen molar-refractivity contribution in [2.75, 3.05) is 24.5 Å². The first-order valence-corrected chi connectivity index (χ1v) is 7.15. The molecule has 0 saturated carbocycles. The number of aromatic nitrogens is 3. The minimum Gasteiger partial charge on any atom is -0.388 e. The van der Waals surface area contributed by atoms with Crippen molar-refractivity contribution in [3.8, 4) is 0 Å². The number of anilines is 1. The number of aliphatic hydroxyl groups is 1. The second kappa shape index (κ2) is 5.03. The van der Waals surface area contributed by atoms with Crippen LogP contribution in [0.2, 0.25) is 0 Å². The molecule has 0 unspecified atom stereocenters. The molecular formula is C14H21N5O. The highest BCUT2D eigenvalue weighted by molar-refractivity contribution is 5.90. The summed E-state index contributed by atoms with van der Waals surface area (Å²) in [5.41, 5.74) is 7.04. The summed E-state index contributed by atoms with van der Waals surface area (Å²) in [5.74, 6) is 0.965. The predicted octanol–water partition coefficient (Wildman–Crippen LogP) is 0.810. The Morgan fingerprint density at radius 2 is 2.15 bits per heavy atom. The number of H-pyrrole nitrogens is 1. The van der Waals surface area contributed by atoms with Crippen molar-refractivity contribution in [3.05, 3.63) is 18.1 Å². The number of piperidine rings is 1. The summed E-state index contributed by atoms with van der Waals surface area (Å²) in [6.45, 7) is 4.00. The standard InChI is InChI=1S/C14H21N5O/c1-2-10-7-16-12-11(10)13(18-9-17-12)19-5-3-14(20,8-15)4-6-19/h7,9,20H,2-6,8,15H2,1H3,(H,16,17,18). The van der Waals surface area contributed by atoms with E-state index in [4.69, 9.17) is 5.73 Å². The van der Waals surface area contributed by atoms with Gasteiger partial charge in [0.25, 0.3) is 0 Å². The average Bonchev–Trinajstić information content (AvgIpc) is 2.91. The van der Waals surface area contributed by atoms with Gasteiger partial charge in [-0.3, -0.25) is 0 Å². The fourth-order valence-electron chi connectivity index (χ4n) is 2.87. The van der Waals surface area contributed by atoms with E-state index in [0.717, 1.165) is 36.4 Å². The quantitative estimate of drug-likeness (QED) is 0.771. The summed E-state index contributed by atoms with van der Waals surface area (Å²) >= 11 is 0. The Labute approximate surface area is 118 Å². The zero-order chi connectivity index (χ0) is 14.2. The van der Waals surface area contributed by atoms with Crippen LogP contribution in [-0.2, 0) is 6.42 Å². The molecule has 3 heterocycles. The Hall–Kier alpha value is -1.66. The third-order valence-corrected chi connectivity index (χ3v) is 4.29. The van der Waals surface area contributed by atoms with E-state index in [-0.39, 0.29) is 0 Å². The summed E-state index contributed by atoms with van der Waals surface area (Å²) in [6.07, 6.45) is 5.91. The van der Waals surface area contributed by atoms with Crippen molar-refractivity contribution in [1.29, 1.82) is 0 Å². The highest BCUT2D eigenvalue weighted by Crippen LogP contribution is 2.30. The molecule has 6 nitrogen and oxygen atoms in total. The first-order chi connectivity index (χ1) is 9.67. The number of hydrogen-bond acceptors (Lipinski definition) is 5. The van der Waals surface area contributed by atoms with Crippen molar-refractivity contribution in [2.45, 2.75) is 31.8 Å². The van der Waals surface area contributed by atoms with E-state index in [0.29, 0.717) is 19.4 Å². The van der Waals surface area contributed by atoms with Crippen LogP contribution in [0.25, 0.3) is 11.0 Å². The minimum atomic E-state index is -0.714. The first kappa shape index (κ1) is 13.3. The van der Waals surface area contributed by atoms with Gasteiger partial charge >= 0.3 is 0 Å². The molecule has 2 aromatic rings. The molecule has 20 heavy (non-hydrogen) atoms. The molecule has 0 atom stereocenters. The summed E-state index contributed by atoms with van der Waals surface area (Å²) < 4.78 is 0. The van der Waals surface area contributed by atoms with Gasteiger partial charge < -0.3 is 20.7 Å². The van der Waals surface area contributed by atoms with Crippen LogP contribution in [0.5, 0.6) is 0 Å². The van der Waals surface area contributed by atoms with Gasteiger partial charge in [-0.05, 0) is 24.8 Å². The molecular weight excluding hydrogens is 254 g/mol. The lowest BCUT2D eigenvalue weighted by atomic mass is 9.91. The van der Waals surface area contributed by atoms with Crippen molar-refractivity contribution in [1.82, 2.24) is 15.0 Å². The topological polar surface area (TPSA) is 91.1 Å². The average molecular weight is 275 g/mol. The van der Waals surface area contributed by atoms with Crippen molar-refractivity contribution >= 4 is 16.9 Å². The highest BCUT2D eigenvalue weighted by Gasteiger charge is 2.32. The number of nitrogens with zero attached hydrogens (tertiary/aromatic N) is 3. The maximum Gasteiger partial charge on any atom is 0.143 e. The van der Waals surface area contributed by atoms with Crippen LogP contribution >= 0.6 is 0 Å². The molecule has 1 aliphatic heterocycles.